The zero-order valence-corrected chi connectivity index (χ0v) is 11.6. The zero-order valence-electron chi connectivity index (χ0n) is 10.7. The molecule has 2 heterocycles. The van der Waals surface area contributed by atoms with Gasteiger partial charge in [0.25, 0.3) is 0 Å². The fourth-order valence-corrected chi connectivity index (χ4v) is 3.30. The fourth-order valence-electron chi connectivity index (χ4n) is 2.62. The first-order valence-corrected chi connectivity index (χ1v) is 7.29. The molecule has 1 unspecified atom stereocenters. The lowest BCUT2D eigenvalue weighted by Crippen LogP contribution is -2.52. The first-order chi connectivity index (χ1) is 8.44. The molecule has 5 atom stereocenters. The normalized spacial score (nSPS) is 42.8. The highest BCUT2D eigenvalue weighted by Crippen LogP contribution is 2.51. The van der Waals surface area contributed by atoms with Crippen molar-refractivity contribution in [2.45, 2.75) is 37.3 Å². The zero-order chi connectivity index (χ0) is 13.4. The van der Waals surface area contributed by atoms with Crippen LogP contribution in [0.25, 0.3) is 0 Å². The smallest absolute Gasteiger partial charge is 0.382 e. The Labute approximate surface area is 106 Å². The summed E-state index contributed by atoms with van der Waals surface area (Å²) in [5.74, 6) is 0. The van der Waals surface area contributed by atoms with Crippen molar-refractivity contribution in [1.29, 1.82) is 0 Å². The first kappa shape index (κ1) is 14.4. The van der Waals surface area contributed by atoms with Crippen LogP contribution in [0.4, 0.5) is 0 Å². The predicted molar refractivity (Wildman–Crippen MR) is 61.2 cm³/mol. The lowest BCUT2D eigenvalue weighted by molar-refractivity contribution is -0.141. The summed E-state index contributed by atoms with van der Waals surface area (Å²) in [6.45, 7) is 2.64. The Kier molecular flexibility index (Phi) is 4.14. The summed E-state index contributed by atoms with van der Waals surface area (Å²) in [5.41, 5.74) is -0.742. The molecule has 0 spiro atoms. The lowest BCUT2D eigenvalue weighted by atomic mass is 9.90. The Bertz CT molecular complexity index is 345. The average molecular weight is 282 g/mol. The van der Waals surface area contributed by atoms with Crippen molar-refractivity contribution < 1.29 is 32.7 Å². The topological polar surface area (TPSA) is 83.5 Å². The van der Waals surface area contributed by atoms with E-state index in [1.807, 2.05) is 6.92 Å². The highest BCUT2D eigenvalue weighted by atomic mass is 31.2. The van der Waals surface area contributed by atoms with Crippen LogP contribution in [-0.2, 0) is 27.8 Å². The van der Waals surface area contributed by atoms with E-state index in [-0.39, 0.29) is 18.8 Å². The van der Waals surface area contributed by atoms with Gasteiger partial charge in [0, 0.05) is 20.6 Å². The van der Waals surface area contributed by atoms with E-state index in [9.17, 15) is 9.46 Å². The van der Waals surface area contributed by atoms with Gasteiger partial charge in [-0.25, -0.2) is 4.57 Å². The summed E-state index contributed by atoms with van der Waals surface area (Å²) in [7, 11) is -1.41. The minimum absolute atomic E-state index is 0.218. The maximum Gasteiger partial charge on any atom is 0.472 e. The van der Waals surface area contributed by atoms with Gasteiger partial charge in [0.05, 0.1) is 19.3 Å². The summed E-state index contributed by atoms with van der Waals surface area (Å²) in [6.07, 6.45) is -0.721. The summed E-state index contributed by atoms with van der Waals surface area (Å²) < 4.78 is 37.8. The number of ether oxygens (including phenoxy) is 3. The SMILES string of the molecule is COC[C@@]12CCO[C@H]([C@H](C)O1)[C@@H]2OP(=O)(O)OC. The second kappa shape index (κ2) is 5.17. The van der Waals surface area contributed by atoms with Crippen molar-refractivity contribution in [3.8, 4) is 0 Å². The van der Waals surface area contributed by atoms with Crippen LogP contribution >= 0.6 is 7.82 Å². The maximum absolute atomic E-state index is 11.6. The summed E-state index contributed by atoms with van der Waals surface area (Å²) in [5, 5.41) is 0. The Morgan fingerprint density at radius 2 is 2.22 bits per heavy atom. The first-order valence-electron chi connectivity index (χ1n) is 5.79. The number of phosphoric ester groups is 1. The molecule has 2 aliphatic heterocycles. The minimum atomic E-state index is -4.08. The van der Waals surface area contributed by atoms with Crippen LogP contribution in [-0.4, -0.2) is 56.2 Å². The van der Waals surface area contributed by atoms with Gasteiger partial charge in [-0.15, -0.1) is 0 Å². The summed E-state index contributed by atoms with van der Waals surface area (Å²) in [4.78, 5) is 9.47. The van der Waals surface area contributed by atoms with Crippen LogP contribution in [0.15, 0.2) is 0 Å². The van der Waals surface area contributed by atoms with Crippen molar-refractivity contribution in [3.63, 3.8) is 0 Å². The molecule has 1 N–H and O–H groups in total. The lowest BCUT2D eigenvalue weighted by Gasteiger charge is -2.38. The second-order valence-corrected chi connectivity index (χ2v) is 6.10. The molecule has 18 heavy (non-hydrogen) atoms. The van der Waals surface area contributed by atoms with E-state index in [1.165, 1.54) is 0 Å². The monoisotopic (exact) mass is 282 g/mol. The number of fused-ring (bicyclic) bond motifs is 2. The molecule has 8 heteroatoms. The van der Waals surface area contributed by atoms with Gasteiger partial charge >= 0.3 is 7.82 Å². The maximum atomic E-state index is 11.6. The van der Waals surface area contributed by atoms with Gasteiger partial charge in [-0.05, 0) is 6.92 Å². The molecule has 0 aromatic heterocycles. The van der Waals surface area contributed by atoms with E-state index in [4.69, 9.17) is 18.7 Å². The molecule has 2 saturated heterocycles. The van der Waals surface area contributed by atoms with Crippen molar-refractivity contribution in [3.05, 3.63) is 0 Å². The van der Waals surface area contributed by atoms with Crippen molar-refractivity contribution >= 4 is 7.82 Å². The van der Waals surface area contributed by atoms with Gasteiger partial charge in [0.15, 0.2) is 0 Å². The molecule has 0 amide bonds. The van der Waals surface area contributed by atoms with Crippen LogP contribution in [0.3, 0.4) is 0 Å². The van der Waals surface area contributed by atoms with E-state index >= 15 is 0 Å². The summed E-state index contributed by atoms with van der Waals surface area (Å²) >= 11 is 0. The third-order valence-electron chi connectivity index (χ3n) is 3.40. The molecule has 7 nitrogen and oxygen atoms in total. The molecule has 2 aliphatic rings. The third-order valence-corrected chi connectivity index (χ3v) is 4.36. The van der Waals surface area contributed by atoms with Crippen LogP contribution in [0.5, 0.6) is 0 Å². The number of rotatable bonds is 5. The van der Waals surface area contributed by atoms with E-state index in [0.717, 1.165) is 7.11 Å². The predicted octanol–water partition coefficient (Wildman–Crippen LogP) is 0.711. The summed E-state index contributed by atoms with van der Waals surface area (Å²) in [6, 6.07) is 0. The van der Waals surface area contributed by atoms with Crippen LogP contribution in [0.1, 0.15) is 13.3 Å². The van der Waals surface area contributed by atoms with Gasteiger partial charge in [0.1, 0.15) is 17.8 Å². The van der Waals surface area contributed by atoms with Gasteiger partial charge in [0.2, 0.25) is 0 Å². The van der Waals surface area contributed by atoms with E-state index in [1.54, 1.807) is 7.11 Å². The van der Waals surface area contributed by atoms with E-state index < -0.39 is 19.5 Å². The molecule has 0 radical (unpaired) electrons. The largest absolute Gasteiger partial charge is 0.472 e. The fraction of sp³-hybridized carbons (Fsp3) is 1.00. The molecule has 0 aromatic carbocycles. The highest BCUT2D eigenvalue weighted by molar-refractivity contribution is 7.47. The number of hydrogen-bond acceptors (Lipinski definition) is 6. The van der Waals surface area contributed by atoms with Gasteiger partial charge in [-0.1, -0.05) is 0 Å². The Morgan fingerprint density at radius 3 is 2.83 bits per heavy atom. The third kappa shape index (κ3) is 2.49. The Hall–Kier alpha value is -0.0100. The average Bonchev–Trinajstić information content (AvgIpc) is 2.47. The highest BCUT2D eigenvalue weighted by Gasteiger charge is 2.59. The quantitative estimate of drug-likeness (QED) is 0.743. The number of phosphoric acid groups is 1. The molecular formula is C10H19O7P. The van der Waals surface area contributed by atoms with Gasteiger partial charge in [-0.2, -0.15) is 0 Å². The van der Waals surface area contributed by atoms with Crippen molar-refractivity contribution in [2.24, 2.45) is 0 Å². The van der Waals surface area contributed by atoms with Crippen LogP contribution in [0.2, 0.25) is 0 Å². The van der Waals surface area contributed by atoms with Crippen LogP contribution in [0, 0.1) is 0 Å². The molecule has 2 rings (SSSR count). The molecule has 0 aromatic rings. The standard InChI is InChI=1S/C10H19O7P/c1-7-8-9(17-18(11,12)14-3)10(16-7,6-13-2)4-5-15-8/h7-9H,4-6H2,1-3H3,(H,11,12)/t7-,8+,9-,10+/m0/s1. The Morgan fingerprint density at radius 1 is 1.50 bits per heavy atom. The van der Waals surface area contributed by atoms with Gasteiger partial charge in [-0.3, -0.25) is 9.05 Å². The number of methoxy groups -OCH3 is 1. The minimum Gasteiger partial charge on any atom is -0.382 e. The van der Waals surface area contributed by atoms with Gasteiger partial charge < -0.3 is 19.1 Å². The molecular weight excluding hydrogens is 263 g/mol. The number of hydrogen-bond donors (Lipinski definition) is 1. The Balaban J connectivity index is 2.22. The van der Waals surface area contributed by atoms with Crippen molar-refractivity contribution in [2.75, 3.05) is 27.4 Å². The van der Waals surface area contributed by atoms with Crippen LogP contribution < -0.4 is 0 Å². The molecule has 2 fully saturated rings. The van der Waals surface area contributed by atoms with Crippen molar-refractivity contribution in [1.82, 2.24) is 0 Å². The van der Waals surface area contributed by atoms with E-state index in [0.29, 0.717) is 13.0 Å². The molecule has 106 valence electrons. The van der Waals surface area contributed by atoms with E-state index in [2.05, 4.69) is 4.52 Å². The molecule has 0 aliphatic carbocycles. The molecule has 2 bridgehead atoms. The second-order valence-electron chi connectivity index (χ2n) is 4.58. The molecule has 0 saturated carbocycles.